The number of fused-ring (bicyclic) bond motifs is 2. The first kappa shape index (κ1) is 14.3. The molecule has 2 bridgehead atoms. The molecule has 0 aromatic rings. The maximum Gasteiger partial charge on any atom is 0.227 e. The van der Waals surface area contributed by atoms with Crippen LogP contribution in [0.25, 0.3) is 0 Å². The first-order valence-electron chi connectivity index (χ1n) is 8.36. The van der Waals surface area contributed by atoms with Crippen LogP contribution in [-0.2, 0) is 4.79 Å². The van der Waals surface area contributed by atoms with Gasteiger partial charge in [-0.15, -0.1) is 0 Å². The fourth-order valence-corrected chi connectivity index (χ4v) is 4.31. The van der Waals surface area contributed by atoms with Gasteiger partial charge in [0.1, 0.15) is 0 Å². The molecule has 3 unspecified atom stereocenters. The van der Waals surface area contributed by atoms with Crippen molar-refractivity contribution in [2.45, 2.75) is 63.1 Å². The second-order valence-corrected chi connectivity index (χ2v) is 7.16. The first-order valence-corrected chi connectivity index (χ1v) is 8.36. The zero-order chi connectivity index (χ0) is 14.1. The predicted octanol–water partition coefficient (Wildman–Crippen LogP) is 1.46. The molecule has 0 aromatic carbocycles. The first-order chi connectivity index (χ1) is 9.65. The van der Waals surface area contributed by atoms with Crippen LogP contribution in [-0.4, -0.2) is 61.0 Å². The second-order valence-electron chi connectivity index (χ2n) is 7.16. The summed E-state index contributed by atoms with van der Waals surface area (Å²) in [7, 11) is 4.19. The van der Waals surface area contributed by atoms with Gasteiger partial charge >= 0.3 is 0 Å². The van der Waals surface area contributed by atoms with E-state index in [1.165, 1.54) is 38.5 Å². The molecule has 2 heterocycles. The van der Waals surface area contributed by atoms with Gasteiger partial charge < -0.3 is 15.1 Å². The van der Waals surface area contributed by atoms with Gasteiger partial charge in [-0.3, -0.25) is 4.79 Å². The van der Waals surface area contributed by atoms with Crippen LogP contribution in [0.1, 0.15) is 44.9 Å². The van der Waals surface area contributed by atoms with Crippen LogP contribution in [0.15, 0.2) is 0 Å². The van der Waals surface area contributed by atoms with Crippen molar-refractivity contribution in [3.05, 3.63) is 0 Å². The highest BCUT2D eigenvalue weighted by molar-refractivity contribution is 5.80. The maximum absolute atomic E-state index is 13.0. The molecule has 1 aliphatic carbocycles. The molecule has 3 fully saturated rings. The Hall–Kier alpha value is -0.610. The van der Waals surface area contributed by atoms with Gasteiger partial charge in [-0.2, -0.15) is 0 Å². The van der Waals surface area contributed by atoms with Gasteiger partial charge in [0, 0.05) is 31.2 Å². The highest BCUT2D eigenvalue weighted by Gasteiger charge is 2.45. The van der Waals surface area contributed by atoms with Crippen molar-refractivity contribution in [1.29, 1.82) is 0 Å². The van der Waals surface area contributed by atoms with Crippen LogP contribution in [0.3, 0.4) is 0 Å². The number of hydrogen-bond acceptors (Lipinski definition) is 3. The Morgan fingerprint density at radius 2 is 1.85 bits per heavy atom. The summed E-state index contributed by atoms with van der Waals surface area (Å²) >= 11 is 0. The van der Waals surface area contributed by atoms with E-state index in [1.807, 2.05) is 0 Å². The molecule has 0 radical (unpaired) electrons. The molecule has 114 valence electrons. The SMILES string of the molecule is CN(C)CCN(C(=O)C1CC2CCC1N2)C1CCCC1. The van der Waals surface area contributed by atoms with Gasteiger partial charge in [-0.05, 0) is 46.2 Å². The average molecular weight is 279 g/mol. The lowest BCUT2D eigenvalue weighted by Crippen LogP contribution is -2.47. The largest absolute Gasteiger partial charge is 0.338 e. The molecule has 0 aromatic heterocycles. The zero-order valence-electron chi connectivity index (χ0n) is 13.0. The Bertz CT molecular complexity index is 352. The van der Waals surface area contributed by atoms with Crippen LogP contribution in [0.4, 0.5) is 0 Å². The third-order valence-electron chi connectivity index (χ3n) is 5.45. The van der Waals surface area contributed by atoms with E-state index in [2.05, 4.69) is 29.2 Å². The van der Waals surface area contributed by atoms with Gasteiger partial charge in [-0.1, -0.05) is 12.8 Å². The number of amides is 1. The third kappa shape index (κ3) is 2.86. The van der Waals surface area contributed by atoms with Crippen LogP contribution < -0.4 is 5.32 Å². The standard InChI is InChI=1S/C16H29N3O/c1-18(2)9-10-19(13-5-3-4-6-13)16(20)14-11-12-7-8-15(14)17-12/h12-15,17H,3-11H2,1-2H3. The summed E-state index contributed by atoms with van der Waals surface area (Å²) < 4.78 is 0. The van der Waals surface area contributed by atoms with Crippen molar-refractivity contribution in [2.24, 2.45) is 5.92 Å². The van der Waals surface area contributed by atoms with Crippen molar-refractivity contribution >= 4 is 5.91 Å². The molecule has 4 nitrogen and oxygen atoms in total. The van der Waals surface area contributed by atoms with Crippen molar-refractivity contribution in [3.63, 3.8) is 0 Å². The van der Waals surface area contributed by atoms with Crippen LogP contribution in [0, 0.1) is 5.92 Å². The molecule has 0 spiro atoms. The lowest BCUT2D eigenvalue weighted by molar-refractivity contribution is -0.138. The molecule has 1 saturated carbocycles. The van der Waals surface area contributed by atoms with E-state index in [0.29, 0.717) is 24.0 Å². The monoisotopic (exact) mass is 279 g/mol. The molecule has 2 saturated heterocycles. The average Bonchev–Trinajstić information content (AvgIpc) is 3.15. The molecule has 3 rings (SSSR count). The number of nitrogens with one attached hydrogen (secondary N) is 1. The molecular weight excluding hydrogens is 250 g/mol. The minimum Gasteiger partial charge on any atom is -0.338 e. The summed E-state index contributed by atoms with van der Waals surface area (Å²) in [5.74, 6) is 0.704. The number of rotatable bonds is 5. The lowest BCUT2D eigenvalue weighted by Gasteiger charge is -2.34. The number of nitrogens with zero attached hydrogens (tertiary/aromatic N) is 2. The van der Waals surface area contributed by atoms with Gasteiger partial charge in [0.05, 0.1) is 5.92 Å². The van der Waals surface area contributed by atoms with E-state index in [9.17, 15) is 4.79 Å². The Balaban J connectivity index is 1.65. The van der Waals surface area contributed by atoms with Crippen LogP contribution in [0.2, 0.25) is 0 Å². The van der Waals surface area contributed by atoms with Gasteiger partial charge in [0.15, 0.2) is 0 Å². The topological polar surface area (TPSA) is 35.6 Å². The fraction of sp³-hybridized carbons (Fsp3) is 0.938. The number of carbonyl (C=O) groups is 1. The molecule has 3 aliphatic rings. The molecule has 2 aliphatic heterocycles. The third-order valence-corrected chi connectivity index (χ3v) is 5.45. The fourth-order valence-electron chi connectivity index (χ4n) is 4.31. The van der Waals surface area contributed by atoms with E-state index in [4.69, 9.17) is 0 Å². The quantitative estimate of drug-likeness (QED) is 0.827. The molecule has 20 heavy (non-hydrogen) atoms. The lowest BCUT2D eigenvalue weighted by atomic mass is 9.87. The molecule has 4 heteroatoms. The Labute approximate surface area is 122 Å². The maximum atomic E-state index is 13.0. The summed E-state index contributed by atoms with van der Waals surface area (Å²) in [5.41, 5.74) is 0. The van der Waals surface area contributed by atoms with E-state index in [-0.39, 0.29) is 5.92 Å². The summed E-state index contributed by atoms with van der Waals surface area (Å²) in [5, 5.41) is 3.61. The van der Waals surface area contributed by atoms with Gasteiger partial charge in [0.2, 0.25) is 5.91 Å². The molecule has 3 atom stereocenters. The number of likely N-dealkylation sites (N-methyl/N-ethyl adjacent to an activating group) is 1. The summed E-state index contributed by atoms with van der Waals surface area (Å²) in [6.45, 7) is 1.89. The molecular formula is C16H29N3O. The Morgan fingerprint density at radius 3 is 2.40 bits per heavy atom. The summed E-state index contributed by atoms with van der Waals surface area (Å²) in [6, 6.07) is 1.60. The smallest absolute Gasteiger partial charge is 0.227 e. The second kappa shape index (κ2) is 6.02. The normalized spacial score (nSPS) is 33.2. The summed E-state index contributed by atoms with van der Waals surface area (Å²) in [4.78, 5) is 17.4. The van der Waals surface area contributed by atoms with E-state index < -0.39 is 0 Å². The minimum absolute atomic E-state index is 0.261. The Morgan fingerprint density at radius 1 is 1.10 bits per heavy atom. The Kier molecular flexibility index (Phi) is 4.32. The molecule has 1 amide bonds. The predicted molar refractivity (Wildman–Crippen MR) is 80.6 cm³/mol. The van der Waals surface area contributed by atoms with Crippen LogP contribution in [0.5, 0.6) is 0 Å². The van der Waals surface area contributed by atoms with Crippen molar-refractivity contribution in [1.82, 2.24) is 15.1 Å². The highest BCUT2D eigenvalue weighted by atomic mass is 16.2. The van der Waals surface area contributed by atoms with Gasteiger partial charge in [0.25, 0.3) is 0 Å². The number of carbonyl (C=O) groups excluding carboxylic acids is 1. The zero-order valence-corrected chi connectivity index (χ0v) is 13.0. The van der Waals surface area contributed by atoms with Crippen molar-refractivity contribution in [3.8, 4) is 0 Å². The minimum atomic E-state index is 0.261. The highest BCUT2D eigenvalue weighted by Crippen LogP contribution is 2.35. The van der Waals surface area contributed by atoms with Crippen LogP contribution >= 0.6 is 0 Å². The summed E-state index contributed by atoms with van der Waals surface area (Å²) in [6.07, 6.45) is 8.58. The number of hydrogen-bond donors (Lipinski definition) is 1. The molecule has 1 N–H and O–H groups in total. The van der Waals surface area contributed by atoms with Crippen molar-refractivity contribution in [2.75, 3.05) is 27.2 Å². The van der Waals surface area contributed by atoms with E-state index in [1.54, 1.807) is 0 Å². The van der Waals surface area contributed by atoms with E-state index >= 15 is 0 Å². The van der Waals surface area contributed by atoms with Gasteiger partial charge in [-0.25, -0.2) is 0 Å². The van der Waals surface area contributed by atoms with Crippen molar-refractivity contribution < 1.29 is 4.79 Å². The van der Waals surface area contributed by atoms with E-state index in [0.717, 1.165) is 19.5 Å².